The lowest BCUT2D eigenvalue weighted by Gasteiger charge is -2.51. The molecule has 0 radical (unpaired) electrons. The van der Waals surface area contributed by atoms with Gasteiger partial charge in [0.05, 0.1) is 6.07 Å². The van der Waals surface area contributed by atoms with E-state index >= 15 is 0 Å². The summed E-state index contributed by atoms with van der Waals surface area (Å²) in [6, 6.07) is 5.43. The van der Waals surface area contributed by atoms with Crippen LogP contribution < -0.4 is 0 Å². The van der Waals surface area contributed by atoms with Gasteiger partial charge in [-0.1, -0.05) is 22.0 Å². The van der Waals surface area contributed by atoms with Crippen LogP contribution in [0.2, 0.25) is 0 Å². The van der Waals surface area contributed by atoms with Crippen molar-refractivity contribution in [2.24, 2.45) is 0 Å². The van der Waals surface area contributed by atoms with Crippen LogP contribution >= 0.6 is 39.0 Å². The quantitative estimate of drug-likeness (QED) is 0.639. The van der Waals surface area contributed by atoms with Gasteiger partial charge in [-0.05, 0) is 25.3 Å². The number of β-lactam (4-membered cyclic amide) rings is 1. The van der Waals surface area contributed by atoms with E-state index < -0.39 is 16.5 Å². The molecule has 0 aliphatic carbocycles. The van der Waals surface area contributed by atoms with Gasteiger partial charge in [0.25, 0.3) is 0 Å². The molecule has 7 heteroatoms. The average molecular weight is 373 g/mol. The van der Waals surface area contributed by atoms with E-state index in [2.05, 4.69) is 22.0 Å². The van der Waals surface area contributed by atoms with Crippen molar-refractivity contribution in [2.45, 2.75) is 40.4 Å². The van der Waals surface area contributed by atoms with Crippen LogP contribution in [0.1, 0.15) is 24.8 Å². The highest BCUT2D eigenvalue weighted by Crippen LogP contribution is 2.61. The van der Waals surface area contributed by atoms with Gasteiger partial charge in [-0.25, -0.2) is 0 Å². The Balaban J connectivity index is 1.95. The number of carbonyl (C=O) groups excluding carboxylic acids is 1. The molecule has 1 aromatic heterocycles. The smallest absolute Gasteiger partial charge is 0.247 e. The van der Waals surface area contributed by atoms with Gasteiger partial charge >= 0.3 is 0 Å². The average Bonchev–Trinajstić information content (AvgIpc) is 3.01. The standard InChI is InChI=1S/C13H13BrN2O2S2/c1-12(2)8(6-15)16-10(18)13(14,11(16)20-12)9(17)7-4-3-5-19-7/h3-5,8-9,11,17H,1-2H3/t8-,9?,11+,13+/m0/s1. The molecule has 3 heterocycles. The molecule has 2 aliphatic rings. The number of fused-ring (bicyclic) bond motifs is 1. The van der Waals surface area contributed by atoms with Crippen molar-refractivity contribution >= 4 is 44.9 Å². The fourth-order valence-electron chi connectivity index (χ4n) is 2.75. The summed E-state index contributed by atoms with van der Waals surface area (Å²) in [5, 5.41) is 21.5. The number of halogens is 1. The number of carbonyl (C=O) groups is 1. The zero-order chi connectivity index (χ0) is 14.7. The van der Waals surface area contributed by atoms with Gasteiger partial charge in [0, 0.05) is 9.62 Å². The fraction of sp³-hybridized carbons (Fsp3) is 0.538. The lowest BCUT2D eigenvalue weighted by molar-refractivity contribution is -0.153. The summed E-state index contributed by atoms with van der Waals surface area (Å²) in [6.45, 7) is 3.92. The highest BCUT2D eigenvalue weighted by Gasteiger charge is 2.71. The molecule has 0 aromatic carbocycles. The Morgan fingerprint density at radius 3 is 2.85 bits per heavy atom. The monoisotopic (exact) mass is 372 g/mol. The number of nitriles is 1. The molecular weight excluding hydrogens is 360 g/mol. The molecule has 1 aromatic rings. The molecular formula is C13H13BrN2O2S2. The van der Waals surface area contributed by atoms with Crippen LogP contribution in [0.3, 0.4) is 0 Å². The minimum atomic E-state index is -1.02. The van der Waals surface area contributed by atoms with E-state index in [1.807, 2.05) is 31.4 Å². The van der Waals surface area contributed by atoms with Gasteiger partial charge in [0.1, 0.15) is 17.5 Å². The summed E-state index contributed by atoms with van der Waals surface area (Å²) in [5.74, 6) is -0.201. The summed E-state index contributed by atoms with van der Waals surface area (Å²) >= 11 is 6.46. The highest BCUT2D eigenvalue weighted by atomic mass is 79.9. The lowest BCUT2D eigenvalue weighted by Crippen LogP contribution is -2.71. The summed E-state index contributed by atoms with van der Waals surface area (Å²) in [4.78, 5) is 14.9. The van der Waals surface area contributed by atoms with Crippen LogP contribution in [0.25, 0.3) is 0 Å². The van der Waals surface area contributed by atoms with Crippen molar-refractivity contribution < 1.29 is 9.90 Å². The molecule has 0 bridgehead atoms. The fourth-order valence-corrected chi connectivity index (χ4v) is 6.24. The Morgan fingerprint density at radius 2 is 2.30 bits per heavy atom. The first-order valence-corrected chi connectivity index (χ1v) is 8.70. The van der Waals surface area contributed by atoms with Gasteiger partial charge in [-0.15, -0.1) is 23.1 Å². The highest BCUT2D eigenvalue weighted by molar-refractivity contribution is 9.10. The van der Waals surface area contributed by atoms with Crippen molar-refractivity contribution in [1.29, 1.82) is 5.26 Å². The summed E-state index contributed by atoms with van der Waals surface area (Å²) in [6.07, 6.45) is -0.892. The minimum absolute atomic E-state index is 0.201. The SMILES string of the molecule is CC1(C)S[C@H]2N(C(=O)[C@]2(Br)C(O)c2cccs2)[C@H]1C#N. The zero-order valence-corrected chi connectivity index (χ0v) is 14.1. The third-order valence-electron chi connectivity index (χ3n) is 3.86. The normalized spacial score (nSPS) is 36.1. The van der Waals surface area contributed by atoms with Crippen molar-refractivity contribution in [2.75, 3.05) is 0 Å². The number of rotatable bonds is 2. The first-order valence-electron chi connectivity index (χ1n) is 6.14. The Morgan fingerprint density at radius 1 is 1.60 bits per heavy atom. The Bertz CT molecular complexity index is 598. The molecule has 1 unspecified atom stereocenters. The molecule has 4 nitrogen and oxygen atoms in total. The first-order chi connectivity index (χ1) is 9.34. The number of hydrogen-bond donors (Lipinski definition) is 1. The molecule has 0 spiro atoms. The molecule has 106 valence electrons. The minimum Gasteiger partial charge on any atom is -0.385 e. The van der Waals surface area contributed by atoms with E-state index in [0.717, 1.165) is 4.88 Å². The van der Waals surface area contributed by atoms with Gasteiger partial charge in [0.15, 0.2) is 4.32 Å². The second-order valence-corrected chi connectivity index (χ2v) is 9.53. The lowest BCUT2D eigenvalue weighted by atomic mass is 9.87. The Labute approximate surface area is 133 Å². The van der Waals surface area contributed by atoms with Crippen molar-refractivity contribution in [3.63, 3.8) is 0 Å². The molecule has 2 fully saturated rings. The van der Waals surface area contributed by atoms with Crippen LogP contribution in [-0.2, 0) is 4.79 Å². The maximum absolute atomic E-state index is 12.5. The number of hydrogen-bond acceptors (Lipinski definition) is 5. The predicted octanol–water partition coefficient (Wildman–Crippen LogP) is 2.50. The Kier molecular flexibility index (Phi) is 3.22. The Hall–Kier alpha value is -0.550. The van der Waals surface area contributed by atoms with Gasteiger partial charge in [0.2, 0.25) is 5.91 Å². The van der Waals surface area contributed by atoms with Gasteiger partial charge in [-0.2, -0.15) is 5.26 Å². The number of thioether (sulfide) groups is 1. The zero-order valence-electron chi connectivity index (χ0n) is 10.9. The summed E-state index contributed by atoms with van der Waals surface area (Å²) in [5.41, 5.74) is 0. The molecule has 1 N–H and O–H groups in total. The van der Waals surface area contributed by atoms with E-state index in [9.17, 15) is 15.2 Å². The van der Waals surface area contributed by atoms with Crippen LogP contribution in [0.15, 0.2) is 17.5 Å². The number of alkyl halides is 1. The third kappa shape index (κ3) is 1.65. The molecule has 20 heavy (non-hydrogen) atoms. The van der Waals surface area contributed by atoms with Crippen molar-refractivity contribution in [1.82, 2.24) is 4.90 Å². The number of thiophene rings is 1. The second-order valence-electron chi connectivity index (χ2n) is 5.50. The van der Waals surface area contributed by atoms with Crippen LogP contribution in [-0.4, -0.2) is 36.4 Å². The largest absolute Gasteiger partial charge is 0.385 e. The number of amides is 1. The number of aliphatic hydroxyl groups is 1. The number of aliphatic hydroxyl groups excluding tert-OH is 1. The summed E-state index contributed by atoms with van der Waals surface area (Å²) in [7, 11) is 0. The predicted molar refractivity (Wildman–Crippen MR) is 82.6 cm³/mol. The van der Waals surface area contributed by atoms with Crippen LogP contribution in [0, 0.1) is 11.3 Å². The first kappa shape index (κ1) is 14.4. The van der Waals surface area contributed by atoms with Crippen LogP contribution in [0.5, 0.6) is 0 Å². The van der Waals surface area contributed by atoms with E-state index in [1.165, 1.54) is 11.3 Å². The molecule has 1 amide bonds. The molecule has 2 aliphatic heterocycles. The second kappa shape index (κ2) is 4.47. The van der Waals surface area contributed by atoms with E-state index in [4.69, 9.17) is 0 Å². The maximum atomic E-state index is 12.5. The third-order valence-corrected chi connectivity index (χ3v) is 7.95. The molecule has 2 saturated heterocycles. The molecule has 4 atom stereocenters. The molecule has 0 saturated carbocycles. The van der Waals surface area contributed by atoms with E-state index in [1.54, 1.807) is 16.7 Å². The topological polar surface area (TPSA) is 64.3 Å². The maximum Gasteiger partial charge on any atom is 0.247 e. The van der Waals surface area contributed by atoms with Gasteiger partial charge in [-0.3, -0.25) is 4.79 Å². The molecule has 3 rings (SSSR count). The van der Waals surface area contributed by atoms with Crippen molar-refractivity contribution in [3.05, 3.63) is 22.4 Å². The van der Waals surface area contributed by atoms with Crippen molar-refractivity contribution in [3.8, 4) is 6.07 Å². The van der Waals surface area contributed by atoms with Gasteiger partial charge < -0.3 is 10.0 Å². The number of nitrogens with zero attached hydrogens (tertiary/aromatic N) is 2. The van der Waals surface area contributed by atoms with Crippen LogP contribution in [0.4, 0.5) is 0 Å². The van der Waals surface area contributed by atoms with E-state index in [0.29, 0.717) is 0 Å². The summed E-state index contributed by atoms with van der Waals surface area (Å²) < 4.78 is -1.36. The van der Waals surface area contributed by atoms with E-state index in [-0.39, 0.29) is 16.0 Å².